The van der Waals surface area contributed by atoms with Crippen LogP contribution in [0.5, 0.6) is 0 Å². The SMILES string of the molecule is C=C(F)/C(F)=C\C(=C)C(C)C.C=C(F)/C=C(/F)C(=C)C(C)C.Cc1cc(F)ccc1C(C)C. The Balaban J connectivity index is 0. The van der Waals surface area contributed by atoms with E-state index in [4.69, 9.17) is 0 Å². The summed E-state index contributed by atoms with van der Waals surface area (Å²) in [6.45, 7) is 26.2. The van der Waals surface area contributed by atoms with E-state index in [-0.39, 0.29) is 17.7 Å². The molecule has 0 nitrogen and oxygen atoms in total. The molecule has 0 spiro atoms. The Kier molecular flexibility index (Phi) is 15.8. The van der Waals surface area contributed by atoms with E-state index in [1.54, 1.807) is 19.9 Å². The van der Waals surface area contributed by atoms with E-state index in [9.17, 15) is 22.0 Å². The first kappa shape index (κ1) is 32.5. The lowest BCUT2D eigenvalue weighted by Gasteiger charge is -2.08. The van der Waals surface area contributed by atoms with Gasteiger partial charge in [0.1, 0.15) is 17.5 Å². The van der Waals surface area contributed by atoms with Gasteiger partial charge in [-0.3, -0.25) is 0 Å². The fraction of sp³-hybridized carbons (Fsp3) is 0.357. The molecular weight excluding hydrogens is 431 g/mol. The van der Waals surface area contributed by atoms with E-state index in [0.717, 1.165) is 17.7 Å². The van der Waals surface area contributed by atoms with Crippen LogP contribution in [0.4, 0.5) is 22.0 Å². The number of aryl methyl sites for hydroxylation is 1. The summed E-state index contributed by atoms with van der Waals surface area (Å²) in [6, 6.07) is 4.95. The van der Waals surface area contributed by atoms with Gasteiger partial charge >= 0.3 is 0 Å². The Labute approximate surface area is 196 Å². The van der Waals surface area contributed by atoms with Gasteiger partial charge in [0, 0.05) is 6.08 Å². The lowest BCUT2D eigenvalue weighted by Crippen LogP contribution is -1.92. The summed E-state index contributed by atoms with van der Waals surface area (Å²) in [5.41, 5.74) is 3.12. The normalized spacial score (nSPS) is 11.5. The minimum Gasteiger partial charge on any atom is -0.208 e. The Hall–Kier alpha value is -2.69. The minimum atomic E-state index is -1.05. The Morgan fingerprint density at radius 2 is 1.30 bits per heavy atom. The van der Waals surface area contributed by atoms with Crippen molar-refractivity contribution in [2.75, 3.05) is 0 Å². The summed E-state index contributed by atoms with van der Waals surface area (Å²) < 4.78 is 61.9. The van der Waals surface area contributed by atoms with Crippen molar-refractivity contribution in [2.24, 2.45) is 11.8 Å². The molecule has 0 fully saturated rings. The van der Waals surface area contributed by atoms with Gasteiger partial charge < -0.3 is 0 Å². The molecule has 0 aliphatic carbocycles. The van der Waals surface area contributed by atoms with Crippen molar-refractivity contribution in [1.82, 2.24) is 0 Å². The van der Waals surface area contributed by atoms with Crippen LogP contribution in [-0.2, 0) is 0 Å². The first-order valence-electron chi connectivity index (χ1n) is 10.6. The average Bonchev–Trinajstić information content (AvgIpc) is 2.67. The zero-order valence-corrected chi connectivity index (χ0v) is 20.8. The maximum atomic E-state index is 12.8. The third-order valence-electron chi connectivity index (χ3n) is 4.45. The van der Waals surface area contributed by atoms with Crippen LogP contribution in [0.15, 0.2) is 91.1 Å². The molecule has 1 aromatic carbocycles. The van der Waals surface area contributed by atoms with Crippen LogP contribution in [0.1, 0.15) is 58.6 Å². The largest absolute Gasteiger partial charge is 0.208 e. The third kappa shape index (κ3) is 14.9. The number of rotatable bonds is 7. The van der Waals surface area contributed by atoms with Crippen LogP contribution in [0.25, 0.3) is 0 Å². The molecule has 0 saturated heterocycles. The van der Waals surface area contributed by atoms with Crippen molar-refractivity contribution >= 4 is 0 Å². The number of hydrogen-bond donors (Lipinski definition) is 0. The van der Waals surface area contributed by atoms with Crippen LogP contribution in [0.2, 0.25) is 0 Å². The quantitative estimate of drug-likeness (QED) is 0.276. The maximum Gasteiger partial charge on any atom is 0.158 e. The van der Waals surface area contributed by atoms with Gasteiger partial charge in [-0.05, 0) is 65.2 Å². The molecule has 1 rings (SSSR count). The zero-order chi connectivity index (χ0) is 26.5. The second kappa shape index (κ2) is 16.0. The van der Waals surface area contributed by atoms with Crippen LogP contribution in [0, 0.1) is 24.6 Å². The molecule has 33 heavy (non-hydrogen) atoms. The molecule has 0 aromatic heterocycles. The summed E-state index contributed by atoms with van der Waals surface area (Å²) >= 11 is 0. The highest BCUT2D eigenvalue weighted by Gasteiger charge is 2.06. The number of allylic oxidation sites excluding steroid dienone is 8. The second-order valence-electron chi connectivity index (χ2n) is 8.40. The topological polar surface area (TPSA) is 0 Å². The molecule has 0 aliphatic heterocycles. The summed E-state index contributed by atoms with van der Waals surface area (Å²) in [7, 11) is 0. The summed E-state index contributed by atoms with van der Waals surface area (Å²) in [6.07, 6.45) is 1.80. The van der Waals surface area contributed by atoms with E-state index in [1.165, 1.54) is 11.6 Å². The number of hydrogen-bond acceptors (Lipinski definition) is 0. The molecule has 0 bridgehead atoms. The predicted molar refractivity (Wildman–Crippen MR) is 132 cm³/mol. The molecule has 5 heteroatoms. The van der Waals surface area contributed by atoms with Gasteiger partial charge in [-0.25, -0.2) is 22.0 Å². The first-order chi connectivity index (χ1) is 15.0. The number of benzene rings is 1. The van der Waals surface area contributed by atoms with E-state index in [2.05, 4.69) is 40.2 Å². The predicted octanol–water partition coefficient (Wildman–Crippen LogP) is 10.3. The van der Waals surface area contributed by atoms with E-state index < -0.39 is 23.3 Å². The first-order valence-corrected chi connectivity index (χ1v) is 10.6. The van der Waals surface area contributed by atoms with E-state index in [0.29, 0.717) is 17.1 Å². The van der Waals surface area contributed by atoms with E-state index >= 15 is 0 Å². The van der Waals surface area contributed by atoms with Gasteiger partial charge in [0.2, 0.25) is 0 Å². The van der Waals surface area contributed by atoms with Gasteiger partial charge in [-0.15, -0.1) is 0 Å². The average molecular weight is 469 g/mol. The lowest BCUT2D eigenvalue weighted by atomic mass is 9.98. The molecule has 0 radical (unpaired) electrons. The second-order valence-corrected chi connectivity index (χ2v) is 8.40. The molecule has 0 heterocycles. The van der Waals surface area contributed by atoms with Crippen LogP contribution >= 0.6 is 0 Å². The molecule has 0 aliphatic rings. The molecule has 0 unspecified atom stereocenters. The van der Waals surface area contributed by atoms with Crippen molar-refractivity contribution in [3.63, 3.8) is 0 Å². The third-order valence-corrected chi connectivity index (χ3v) is 4.45. The van der Waals surface area contributed by atoms with Crippen LogP contribution in [0.3, 0.4) is 0 Å². The molecule has 0 N–H and O–H groups in total. The highest BCUT2D eigenvalue weighted by atomic mass is 19.2. The monoisotopic (exact) mass is 468 g/mol. The minimum absolute atomic E-state index is 0.00870. The standard InChI is InChI=1S/C10H13F.2C9H12F2/c1-7(2)10-5-4-9(11)6-8(10)3;1-6(2)8(4)9(11)5-7(3)10;1-6(2)7(3)5-9(11)8(4)10/h4-7H,1-3H3;2*5-6H,3-4H2,1-2H3/b;2*9-5+. The molecule has 0 amide bonds. The molecule has 184 valence electrons. The van der Waals surface area contributed by atoms with Crippen LogP contribution in [-0.4, -0.2) is 0 Å². The van der Waals surface area contributed by atoms with Crippen LogP contribution < -0.4 is 0 Å². The van der Waals surface area contributed by atoms with Gasteiger partial charge in [0.15, 0.2) is 11.7 Å². The maximum absolute atomic E-state index is 12.8. The summed E-state index contributed by atoms with van der Waals surface area (Å²) in [5.74, 6) is -2.96. The molecule has 1 aromatic rings. The Morgan fingerprint density at radius 3 is 1.64 bits per heavy atom. The lowest BCUT2D eigenvalue weighted by molar-refractivity contribution is 0.546. The van der Waals surface area contributed by atoms with Crippen molar-refractivity contribution in [1.29, 1.82) is 0 Å². The van der Waals surface area contributed by atoms with Gasteiger partial charge in [-0.1, -0.05) is 73.9 Å². The van der Waals surface area contributed by atoms with Crippen molar-refractivity contribution in [2.45, 2.75) is 54.4 Å². The fourth-order valence-electron chi connectivity index (χ4n) is 2.20. The summed E-state index contributed by atoms with van der Waals surface area (Å²) in [5, 5.41) is 0. The highest BCUT2D eigenvalue weighted by Crippen LogP contribution is 2.20. The van der Waals surface area contributed by atoms with E-state index in [1.807, 2.05) is 26.8 Å². The van der Waals surface area contributed by atoms with Crippen molar-refractivity contribution in [3.05, 3.63) is 108 Å². The van der Waals surface area contributed by atoms with Gasteiger partial charge in [0.05, 0.1) is 0 Å². The van der Waals surface area contributed by atoms with Crippen molar-refractivity contribution < 1.29 is 22.0 Å². The zero-order valence-electron chi connectivity index (χ0n) is 20.8. The molecule has 0 atom stereocenters. The summed E-state index contributed by atoms with van der Waals surface area (Å²) in [4.78, 5) is 0. The van der Waals surface area contributed by atoms with Crippen molar-refractivity contribution in [3.8, 4) is 0 Å². The highest BCUT2D eigenvalue weighted by molar-refractivity contribution is 5.29. The number of halogens is 5. The molecule has 0 saturated carbocycles. The van der Waals surface area contributed by atoms with Gasteiger partial charge in [-0.2, -0.15) is 0 Å². The fourth-order valence-corrected chi connectivity index (χ4v) is 2.20. The van der Waals surface area contributed by atoms with Gasteiger partial charge in [0.25, 0.3) is 0 Å². The Bertz CT molecular complexity index is 884. The Morgan fingerprint density at radius 1 is 0.788 bits per heavy atom. The molecular formula is C28H37F5. The smallest absolute Gasteiger partial charge is 0.158 e.